The van der Waals surface area contributed by atoms with Gasteiger partial charge in [-0.25, -0.2) is 18.9 Å². The van der Waals surface area contributed by atoms with Crippen molar-refractivity contribution >= 4 is 29.5 Å². The highest BCUT2D eigenvalue weighted by Crippen LogP contribution is 2.39. The number of aromatic nitrogens is 4. The van der Waals surface area contributed by atoms with Crippen LogP contribution in [0.1, 0.15) is 40.7 Å². The van der Waals surface area contributed by atoms with Crippen molar-refractivity contribution in [3.05, 3.63) is 71.3 Å². The number of carbonyl (C=O) groups is 1. The largest absolute Gasteiger partial charge is 0.417 e. The number of halogens is 4. The number of rotatable bonds is 5. The molecule has 0 unspecified atom stereocenters. The molecule has 12 heteroatoms. The van der Waals surface area contributed by atoms with Crippen molar-refractivity contribution in [1.82, 2.24) is 19.6 Å². The molecule has 0 spiro atoms. The number of nitrogens with zero attached hydrogens (tertiary/aromatic N) is 5. The van der Waals surface area contributed by atoms with Crippen molar-refractivity contribution in [2.75, 3.05) is 10.6 Å². The molecule has 4 aromatic rings. The maximum Gasteiger partial charge on any atom is 0.417 e. The fourth-order valence-corrected chi connectivity index (χ4v) is 4.84. The van der Waals surface area contributed by atoms with Gasteiger partial charge in [0.2, 0.25) is 5.95 Å². The molecule has 2 atom stereocenters. The summed E-state index contributed by atoms with van der Waals surface area (Å²) >= 11 is 0. The van der Waals surface area contributed by atoms with Gasteiger partial charge in [-0.2, -0.15) is 18.2 Å². The Hall–Kier alpha value is -4.35. The third-order valence-electron chi connectivity index (χ3n) is 6.55. The predicted octanol–water partition coefficient (Wildman–Crippen LogP) is 4.97. The Bertz CT molecular complexity index is 1560. The normalized spacial score (nSPS) is 19.0. The van der Waals surface area contributed by atoms with Gasteiger partial charge < -0.3 is 10.6 Å². The number of nitrogens with one attached hydrogen (secondary N) is 2. The molecule has 2 aliphatic rings. The molecule has 1 aliphatic carbocycles. The van der Waals surface area contributed by atoms with E-state index in [1.807, 2.05) is 0 Å². The fourth-order valence-electron chi connectivity index (χ4n) is 4.84. The SMILES string of the molecule is O=C1N=Cc2c1cc(-c1cccnc1N[C@H]1CC[C@H](Nc3nc4cc(F)ccn4n3)C1)cc2C(F)(F)F. The molecule has 2 N–H and O–H groups in total. The molecule has 1 saturated carbocycles. The van der Waals surface area contributed by atoms with E-state index in [9.17, 15) is 22.4 Å². The third kappa shape index (κ3) is 4.39. The maximum absolute atomic E-state index is 13.8. The summed E-state index contributed by atoms with van der Waals surface area (Å²) in [4.78, 5) is 24.3. The molecule has 0 saturated heterocycles. The van der Waals surface area contributed by atoms with E-state index in [0.717, 1.165) is 25.1 Å². The van der Waals surface area contributed by atoms with Crippen LogP contribution in [0.25, 0.3) is 16.8 Å². The topological polar surface area (TPSA) is 96.6 Å². The number of carbonyl (C=O) groups excluding carboxylic acids is 1. The second-order valence-corrected chi connectivity index (χ2v) is 9.02. The van der Waals surface area contributed by atoms with Gasteiger partial charge in [-0.15, -0.1) is 5.10 Å². The summed E-state index contributed by atoms with van der Waals surface area (Å²) in [6, 6.07) is 8.38. The second-order valence-electron chi connectivity index (χ2n) is 9.02. The molecule has 4 heterocycles. The lowest BCUT2D eigenvalue weighted by Crippen LogP contribution is -2.22. The zero-order valence-electron chi connectivity index (χ0n) is 19.1. The van der Waals surface area contributed by atoms with Gasteiger partial charge in [0.25, 0.3) is 5.91 Å². The Morgan fingerprint density at radius 1 is 1.03 bits per heavy atom. The summed E-state index contributed by atoms with van der Waals surface area (Å²) in [5, 5.41) is 10.9. The zero-order chi connectivity index (χ0) is 25.7. The average Bonchev–Trinajstić information content (AvgIpc) is 3.57. The van der Waals surface area contributed by atoms with Gasteiger partial charge in [-0.1, -0.05) is 0 Å². The van der Waals surface area contributed by atoms with E-state index in [-0.39, 0.29) is 28.8 Å². The van der Waals surface area contributed by atoms with Gasteiger partial charge in [0.05, 0.1) is 11.1 Å². The minimum atomic E-state index is -4.64. The van der Waals surface area contributed by atoms with Gasteiger partial charge in [-0.3, -0.25) is 4.79 Å². The van der Waals surface area contributed by atoms with Crippen LogP contribution >= 0.6 is 0 Å². The van der Waals surface area contributed by atoms with Crippen molar-refractivity contribution in [1.29, 1.82) is 0 Å². The number of hydrogen-bond acceptors (Lipinski definition) is 6. The van der Waals surface area contributed by atoms with E-state index < -0.39 is 23.5 Å². The van der Waals surface area contributed by atoms with Gasteiger partial charge in [0.1, 0.15) is 11.6 Å². The lowest BCUT2D eigenvalue weighted by atomic mass is 9.95. The second kappa shape index (κ2) is 8.64. The highest BCUT2D eigenvalue weighted by molar-refractivity contribution is 6.14. The highest BCUT2D eigenvalue weighted by atomic mass is 19.4. The van der Waals surface area contributed by atoms with E-state index in [4.69, 9.17) is 0 Å². The molecule has 37 heavy (non-hydrogen) atoms. The Labute approximate surface area is 207 Å². The average molecular weight is 509 g/mol. The molecule has 1 fully saturated rings. The van der Waals surface area contributed by atoms with Crippen LogP contribution in [0.15, 0.2) is 53.8 Å². The molecule has 0 radical (unpaired) electrons. The van der Waals surface area contributed by atoms with E-state index in [0.29, 0.717) is 29.4 Å². The lowest BCUT2D eigenvalue weighted by molar-refractivity contribution is -0.137. The number of fused-ring (bicyclic) bond motifs is 2. The van der Waals surface area contributed by atoms with Crippen LogP contribution in [-0.4, -0.2) is 43.8 Å². The van der Waals surface area contributed by atoms with Crippen LogP contribution in [0.2, 0.25) is 0 Å². The Kier molecular flexibility index (Phi) is 5.39. The molecule has 3 aromatic heterocycles. The Morgan fingerprint density at radius 2 is 1.84 bits per heavy atom. The van der Waals surface area contributed by atoms with Gasteiger partial charge >= 0.3 is 6.18 Å². The number of pyridine rings is 2. The van der Waals surface area contributed by atoms with Crippen molar-refractivity contribution in [3.63, 3.8) is 0 Å². The van der Waals surface area contributed by atoms with Crippen LogP contribution in [0.5, 0.6) is 0 Å². The molecular weight excluding hydrogens is 490 g/mol. The first-order chi connectivity index (χ1) is 17.7. The first kappa shape index (κ1) is 23.1. The number of amides is 1. The molecule has 188 valence electrons. The smallest absolute Gasteiger partial charge is 0.367 e. The van der Waals surface area contributed by atoms with Gasteiger partial charge in [0, 0.05) is 47.9 Å². The Balaban J connectivity index is 1.22. The standard InChI is InChI=1S/C25H19F4N7O/c26-14-5-7-36-21(10-14)34-24(35-36)33-16-4-3-15(11-16)32-22-17(2-1-6-30-22)13-8-18-19(12-31-23(18)37)20(9-13)25(27,28)29/h1-2,5-10,12,15-16H,3-4,11H2,(H,30,32)(H,33,35)/t15-,16-/m0/s1. The number of hydrogen-bond donors (Lipinski definition) is 2. The third-order valence-corrected chi connectivity index (χ3v) is 6.55. The van der Waals surface area contributed by atoms with Crippen molar-refractivity contribution in [2.45, 2.75) is 37.5 Å². The van der Waals surface area contributed by atoms with Gasteiger partial charge in [0.15, 0.2) is 5.65 Å². The van der Waals surface area contributed by atoms with E-state index in [1.165, 1.54) is 28.9 Å². The molecule has 1 amide bonds. The van der Waals surface area contributed by atoms with Crippen molar-refractivity contribution < 1.29 is 22.4 Å². The molecular formula is C25H19F4N7O. The molecule has 1 aliphatic heterocycles. The van der Waals surface area contributed by atoms with Crippen LogP contribution in [0.3, 0.4) is 0 Å². The molecule has 0 bridgehead atoms. The van der Waals surface area contributed by atoms with Crippen LogP contribution in [-0.2, 0) is 6.18 Å². The Morgan fingerprint density at radius 3 is 2.65 bits per heavy atom. The maximum atomic E-state index is 13.8. The summed E-state index contributed by atoms with van der Waals surface area (Å²) in [5.74, 6) is -0.285. The van der Waals surface area contributed by atoms with E-state index >= 15 is 0 Å². The van der Waals surface area contributed by atoms with Crippen LogP contribution in [0, 0.1) is 5.82 Å². The summed E-state index contributed by atoms with van der Waals surface area (Å²) < 4.78 is 56.2. The predicted molar refractivity (Wildman–Crippen MR) is 128 cm³/mol. The molecule has 8 nitrogen and oxygen atoms in total. The first-order valence-electron chi connectivity index (χ1n) is 11.6. The fraction of sp³-hybridized carbons (Fsp3) is 0.240. The van der Waals surface area contributed by atoms with E-state index in [1.54, 1.807) is 18.3 Å². The molecule has 1 aromatic carbocycles. The first-order valence-corrected chi connectivity index (χ1v) is 11.6. The number of anilines is 2. The minimum Gasteiger partial charge on any atom is -0.367 e. The van der Waals surface area contributed by atoms with Crippen molar-refractivity contribution in [3.8, 4) is 11.1 Å². The van der Waals surface area contributed by atoms with E-state index in [2.05, 4.69) is 30.7 Å². The molecule has 6 rings (SSSR count). The number of aliphatic imine (C=N–C) groups is 1. The van der Waals surface area contributed by atoms with Crippen LogP contribution < -0.4 is 10.6 Å². The summed E-state index contributed by atoms with van der Waals surface area (Å²) in [7, 11) is 0. The number of alkyl halides is 3. The van der Waals surface area contributed by atoms with Crippen LogP contribution in [0.4, 0.5) is 29.3 Å². The highest BCUT2D eigenvalue weighted by Gasteiger charge is 2.37. The number of benzene rings is 1. The summed E-state index contributed by atoms with van der Waals surface area (Å²) in [5.41, 5.74) is -0.123. The van der Waals surface area contributed by atoms with Gasteiger partial charge in [-0.05, 0) is 55.2 Å². The quantitative estimate of drug-likeness (QED) is 0.369. The zero-order valence-corrected chi connectivity index (χ0v) is 19.1. The summed E-state index contributed by atoms with van der Waals surface area (Å²) in [6.45, 7) is 0. The monoisotopic (exact) mass is 509 g/mol. The van der Waals surface area contributed by atoms with Crippen molar-refractivity contribution in [2.24, 2.45) is 4.99 Å². The minimum absolute atomic E-state index is 0.0119. The lowest BCUT2D eigenvalue weighted by Gasteiger charge is -2.18. The summed E-state index contributed by atoms with van der Waals surface area (Å²) in [6.07, 6.45) is 1.63.